The van der Waals surface area contributed by atoms with E-state index in [0.29, 0.717) is 18.1 Å². The van der Waals surface area contributed by atoms with Gasteiger partial charge >= 0.3 is 0 Å². The average Bonchev–Trinajstić information content (AvgIpc) is 2.39. The molecule has 0 aromatic heterocycles. The zero-order valence-corrected chi connectivity index (χ0v) is 11.1. The number of benzene rings is 1. The van der Waals surface area contributed by atoms with Crippen LogP contribution in [-0.2, 0) is 4.79 Å². The van der Waals surface area contributed by atoms with Crippen LogP contribution in [0, 0.1) is 5.92 Å². The van der Waals surface area contributed by atoms with Crippen LogP contribution in [-0.4, -0.2) is 26.0 Å². The Kier molecular flexibility index (Phi) is 4.37. The van der Waals surface area contributed by atoms with Crippen LogP contribution in [0.15, 0.2) is 24.3 Å². The maximum Gasteiger partial charge on any atom is 0.137 e. The van der Waals surface area contributed by atoms with E-state index in [2.05, 4.69) is 11.4 Å². The monoisotopic (exact) mass is 247 g/mol. The molecular formula is C15H21NO2. The number of ether oxygens (including phenoxy) is 1. The lowest BCUT2D eigenvalue weighted by molar-refractivity contribution is -0.122. The average molecular weight is 247 g/mol. The van der Waals surface area contributed by atoms with Crippen molar-refractivity contribution in [3.05, 3.63) is 29.8 Å². The van der Waals surface area contributed by atoms with E-state index in [1.54, 1.807) is 0 Å². The van der Waals surface area contributed by atoms with Crippen molar-refractivity contribution in [2.24, 2.45) is 5.92 Å². The molecule has 2 rings (SSSR count). The molecule has 1 aromatic carbocycles. The second-order valence-corrected chi connectivity index (χ2v) is 5.00. The van der Waals surface area contributed by atoms with Crippen molar-refractivity contribution >= 4 is 5.78 Å². The summed E-state index contributed by atoms with van der Waals surface area (Å²) >= 11 is 0. The van der Waals surface area contributed by atoms with Gasteiger partial charge in [-0.25, -0.2) is 0 Å². The largest absolute Gasteiger partial charge is 0.493 e. The molecule has 1 aromatic rings. The van der Waals surface area contributed by atoms with Crippen molar-refractivity contribution in [1.82, 2.24) is 5.32 Å². The van der Waals surface area contributed by atoms with Crippen LogP contribution >= 0.6 is 0 Å². The second kappa shape index (κ2) is 6.01. The topological polar surface area (TPSA) is 38.3 Å². The van der Waals surface area contributed by atoms with Gasteiger partial charge in [-0.1, -0.05) is 25.1 Å². The highest BCUT2D eigenvalue weighted by molar-refractivity contribution is 5.81. The van der Waals surface area contributed by atoms with E-state index >= 15 is 0 Å². The fourth-order valence-electron chi connectivity index (χ4n) is 2.49. The van der Waals surface area contributed by atoms with Gasteiger partial charge in [-0.15, -0.1) is 0 Å². The Bertz CT molecular complexity index is 417. The van der Waals surface area contributed by atoms with Crippen LogP contribution < -0.4 is 10.1 Å². The standard InChI is InChI=1S/C15H21NO2/c1-11(10-16-2)14(17)9-12-7-8-18-15-6-4-3-5-13(12)15/h3-6,11-12,16H,7-10H2,1-2H3. The summed E-state index contributed by atoms with van der Waals surface area (Å²) in [4.78, 5) is 12.1. The molecule has 98 valence electrons. The molecule has 0 radical (unpaired) electrons. The quantitative estimate of drug-likeness (QED) is 0.868. The molecule has 1 aliphatic rings. The molecule has 2 atom stereocenters. The zero-order valence-electron chi connectivity index (χ0n) is 11.1. The zero-order chi connectivity index (χ0) is 13.0. The van der Waals surface area contributed by atoms with Gasteiger partial charge in [0.15, 0.2) is 0 Å². The molecule has 0 aliphatic carbocycles. The minimum Gasteiger partial charge on any atom is -0.493 e. The number of rotatable bonds is 5. The van der Waals surface area contributed by atoms with Gasteiger partial charge in [0.05, 0.1) is 6.61 Å². The summed E-state index contributed by atoms with van der Waals surface area (Å²) in [6.45, 7) is 3.46. The fraction of sp³-hybridized carbons (Fsp3) is 0.533. The van der Waals surface area contributed by atoms with E-state index in [4.69, 9.17) is 4.74 Å². The molecule has 1 aliphatic heterocycles. The van der Waals surface area contributed by atoms with Gasteiger partial charge < -0.3 is 10.1 Å². The molecule has 2 unspecified atom stereocenters. The van der Waals surface area contributed by atoms with Crippen molar-refractivity contribution in [3.8, 4) is 5.75 Å². The van der Waals surface area contributed by atoms with E-state index < -0.39 is 0 Å². The lowest BCUT2D eigenvalue weighted by Crippen LogP contribution is -2.26. The van der Waals surface area contributed by atoms with Gasteiger partial charge in [-0.05, 0) is 31.0 Å². The number of carbonyl (C=O) groups is 1. The first-order valence-corrected chi connectivity index (χ1v) is 6.61. The minimum atomic E-state index is 0.0880. The molecule has 3 heteroatoms. The van der Waals surface area contributed by atoms with Gasteiger partial charge in [0.2, 0.25) is 0 Å². The molecule has 0 amide bonds. The molecule has 3 nitrogen and oxygen atoms in total. The van der Waals surface area contributed by atoms with Crippen LogP contribution in [0.2, 0.25) is 0 Å². The number of hydrogen-bond acceptors (Lipinski definition) is 3. The Labute approximate surface area is 109 Å². The van der Waals surface area contributed by atoms with Crippen molar-refractivity contribution in [3.63, 3.8) is 0 Å². The summed E-state index contributed by atoms with van der Waals surface area (Å²) in [6.07, 6.45) is 1.57. The predicted octanol–water partition coefficient (Wildman–Crippen LogP) is 2.37. The van der Waals surface area contributed by atoms with Crippen LogP contribution in [0.25, 0.3) is 0 Å². The highest BCUT2D eigenvalue weighted by Gasteiger charge is 2.25. The number of Topliss-reactive ketones (excluding diaryl/α,β-unsaturated/α-hetero) is 1. The van der Waals surface area contributed by atoms with E-state index in [9.17, 15) is 4.79 Å². The van der Waals surface area contributed by atoms with Gasteiger partial charge in [0.1, 0.15) is 11.5 Å². The van der Waals surface area contributed by atoms with Crippen molar-refractivity contribution in [1.29, 1.82) is 0 Å². The molecule has 18 heavy (non-hydrogen) atoms. The Morgan fingerprint density at radius 3 is 3.06 bits per heavy atom. The normalized spacial score (nSPS) is 19.8. The van der Waals surface area contributed by atoms with Crippen molar-refractivity contribution in [2.75, 3.05) is 20.2 Å². The Morgan fingerprint density at radius 2 is 2.28 bits per heavy atom. The van der Waals surface area contributed by atoms with Crippen LogP contribution in [0.4, 0.5) is 0 Å². The predicted molar refractivity (Wildman–Crippen MR) is 72.0 cm³/mol. The molecule has 0 bridgehead atoms. The number of carbonyl (C=O) groups excluding carboxylic acids is 1. The smallest absolute Gasteiger partial charge is 0.137 e. The molecule has 1 heterocycles. The maximum absolute atomic E-state index is 12.1. The van der Waals surface area contributed by atoms with Crippen molar-refractivity contribution < 1.29 is 9.53 Å². The first kappa shape index (κ1) is 13.1. The van der Waals surface area contributed by atoms with Crippen LogP contribution in [0.1, 0.15) is 31.2 Å². The third-order valence-electron chi connectivity index (χ3n) is 3.59. The molecule has 0 spiro atoms. The Hall–Kier alpha value is -1.35. The number of fused-ring (bicyclic) bond motifs is 1. The van der Waals surface area contributed by atoms with E-state index in [1.807, 2.05) is 32.2 Å². The third kappa shape index (κ3) is 2.91. The number of nitrogens with one attached hydrogen (secondary N) is 1. The first-order valence-electron chi connectivity index (χ1n) is 6.61. The number of hydrogen-bond donors (Lipinski definition) is 1. The van der Waals surface area contributed by atoms with E-state index in [-0.39, 0.29) is 5.92 Å². The van der Waals surface area contributed by atoms with Crippen LogP contribution in [0.5, 0.6) is 5.75 Å². The summed E-state index contributed by atoms with van der Waals surface area (Å²) < 4.78 is 5.62. The summed E-state index contributed by atoms with van der Waals surface area (Å²) in [7, 11) is 1.88. The summed E-state index contributed by atoms with van der Waals surface area (Å²) in [5, 5.41) is 3.06. The summed E-state index contributed by atoms with van der Waals surface area (Å²) in [5.41, 5.74) is 1.19. The highest BCUT2D eigenvalue weighted by atomic mass is 16.5. The minimum absolute atomic E-state index is 0.0880. The SMILES string of the molecule is CNCC(C)C(=O)CC1CCOc2ccccc21. The summed E-state index contributed by atoms with van der Waals surface area (Å²) in [5.74, 6) is 1.70. The molecular weight excluding hydrogens is 226 g/mol. The third-order valence-corrected chi connectivity index (χ3v) is 3.59. The van der Waals surface area contributed by atoms with Gasteiger partial charge in [0, 0.05) is 18.9 Å². The highest BCUT2D eigenvalue weighted by Crippen LogP contribution is 2.35. The number of para-hydroxylation sites is 1. The Balaban J connectivity index is 2.05. The molecule has 0 fully saturated rings. The molecule has 1 N–H and O–H groups in total. The van der Waals surface area contributed by atoms with Crippen LogP contribution in [0.3, 0.4) is 0 Å². The van der Waals surface area contributed by atoms with Gasteiger partial charge in [-0.3, -0.25) is 4.79 Å². The maximum atomic E-state index is 12.1. The fourth-order valence-corrected chi connectivity index (χ4v) is 2.49. The van der Waals surface area contributed by atoms with E-state index in [0.717, 1.165) is 25.3 Å². The molecule has 0 saturated heterocycles. The van der Waals surface area contributed by atoms with E-state index in [1.165, 1.54) is 5.56 Å². The lowest BCUT2D eigenvalue weighted by Gasteiger charge is -2.26. The molecule has 0 saturated carbocycles. The summed E-state index contributed by atoms with van der Waals surface area (Å²) in [6, 6.07) is 8.06. The Morgan fingerprint density at radius 1 is 1.50 bits per heavy atom. The van der Waals surface area contributed by atoms with Gasteiger partial charge in [0.25, 0.3) is 0 Å². The lowest BCUT2D eigenvalue weighted by atomic mass is 9.86. The second-order valence-electron chi connectivity index (χ2n) is 5.00. The number of ketones is 1. The van der Waals surface area contributed by atoms with Gasteiger partial charge in [-0.2, -0.15) is 0 Å². The van der Waals surface area contributed by atoms with Crippen molar-refractivity contribution in [2.45, 2.75) is 25.7 Å². The first-order chi connectivity index (χ1) is 8.72.